The minimum Gasteiger partial charge on any atom is -0.464 e. The molecule has 0 aliphatic rings. The van der Waals surface area contributed by atoms with Crippen LogP contribution in [0.4, 0.5) is 13.2 Å². The van der Waals surface area contributed by atoms with Gasteiger partial charge >= 0.3 is 5.97 Å². The third-order valence-corrected chi connectivity index (χ3v) is 2.48. The van der Waals surface area contributed by atoms with Gasteiger partial charge in [0.2, 0.25) is 0 Å². The molecule has 1 aromatic carbocycles. The van der Waals surface area contributed by atoms with Crippen LogP contribution in [-0.2, 0) is 4.74 Å². The Morgan fingerprint density at radius 3 is 2.58 bits per heavy atom. The average molecular weight is 267 g/mol. The van der Waals surface area contributed by atoms with Crippen molar-refractivity contribution in [1.29, 1.82) is 0 Å². The van der Waals surface area contributed by atoms with Gasteiger partial charge in [-0.05, 0) is 12.1 Å². The summed E-state index contributed by atoms with van der Waals surface area (Å²) >= 11 is 0. The molecule has 0 aliphatic heterocycles. The van der Waals surface area contributed by atoms with E-state index >= 15 is 0 Å². The molecule has 0 atom stereocenters. The number of esters is 1. The number of hydrogen-bond acceptors (Lipinski definition) is 3. The van der Waals surface area contributed by atoms with Crippen LogP contribution in [0, 0.1) is 17.5 Å². The summed E-state index contributed by atoms with van der Waals surface area (Å²) in [4.78, 5) is 14.7. The van der Waals surface area contributed by atoms with Crippen molar-refractivity contribution < 1.29 is 22.7 Å². The van der Waals surface area contributed by atoms with Crippen molar-refractivity contribution in [2.75, 3.05) is 7.11 Å². The van der Waals surface area contributed by atoms with Gasteiger partial charge in [0.1, 0.15) is 0 Å². The maximum absolute atomic E-state index is 13.6. The maximum Gasteiger partial charge on any atom is 0.359 e. The minimum absolute atomic E-state index is 0.0298. The Morgan fingerprint density at radius 1 is 1.21 bits per heavy atom. The Balaban J connectivity index is 2.51. The molecule has 0 N–H and O–H groups in total. The van der Waals surface area contributed by atoms with E-state index in [9.17, 15) is 18.0 Å². The Labute approximate surface area is 106 Å². The average Bonchev–Trinajstić information content (AvgIpc) is 2.41. The lowest BCUT2D eigenvalue weighted by atomic mass is 10.1. The zero-order valence-electron chi connectivity index (χ0n) is 9.78. The summed E-state index contributed by atoms with van der Waals surface area (Å²) in [6, 6.07) is 4.43. The Hall–Kier alpha value is -2.37. The molecule has 0 saturated heterocycles. The highest BCUT2D eigenvalue weighted by Crippen LogP contribution is 2.25. The third kappa shape index (κ3) is 2.42. The molecular weight excluding hydrogens is 259 g/mol. The van der Waals surface area contributed by atoms with Crippen LogP contribution in [0.1, 0.15) is 10.5 Å². The molecule has 3 nitrogen and oxygen atoms in total. The number of aromatic nitrogens is 1. The Morgan fingerprint density at radius 2 is 1.95 bits per heavy atom. The van der Waals surface area contributed by atoms with Crippen LogP contribution in [0.5, 0.6) is 0 Å². The Bertz CT molecular complexity index is 644. The molecule has 98 valence electrons. The molecule has 0 radical (unpaired) electrons. The van der Waals surface area contributed by atoms with Gasteiger partial charge in [-0.2, -0.15) is 0 Å². The molecule has 1 aromatic heterocycles. The molecule has 2 aromatic rings. The topological polar surface area (TPSA) is 39.2 Å². The molecule has 0 bridgehead atoms. The molecule has 0 saturated carbocycles. The van der Waals surface area contributed by atoms with Gasteiger partial charge in [0.05, 0.1) is 7.11 Å². The molecule has 0 aliphatic carbocycles. The first-order valence-electron chi connectivity index (χ1n) is 5.23. The molecule has 0 amide bonds. The highest BCUT2D eigenvalue weighted by atomic mass is 19.2. The summed E-state index contributed by atoms with van der Waals surface area (Å²) in [5.74, 6) is -4.05. The summed E-state index contributed by atoms with van der Waals surface area (Å²) < 4.78 is 44.5. The van der Waals surface area contributed by atoms with Gasteiger partial charge in [-0.3, -0.25) is 0 Å². The van der Waals surface area contributed by atoms with E-state index in [0.717, 1.165) is 25.4 Å². The van der Waals surface area contributed by atoms with Crippen molar-refractivity contribution in [3.05, 3.63) is 53.6 Å². The van der Waals surface area contributed by atoms with Gasteiger partial charge in [-0.15, -0.1) is 0 Å². The van der Waals surface area contributed by atoms with E-state index < -0.39 is 29.1 Å². The molecule has 2 rings (SSSR count). The fourth-order valence-corrected chi connectivity index (χ4v) is 1.56. The van der Waals surface area contributed by atoms with Crippen molar-refractivity contribution in [3.63, 3.8) is 0 Å². The first-order chi connectivity index (χ1) is 9.04. The van der Waals surface area contributed by atoms with Crippen molar-refractivity contribution in [2.45, 2.75) is 0 Å². The van der Waals surface area contributed by atoms with Crippen LogP contribution in [0.15, 0.2) is 30.5 Å². The number of pyridine rings is 1. The molecule has 0 spiro atoms. The second kappa shape index (κ2) is 5.09. The summed E-state index contributed by atoms with van der Waals surface area (Å²) in [5.41, 5.74) is -0.618. The highest BCUT2D eigenvalue weighted by molar-refractivity contribution is 5.87. The minimum atomic E-state index is -1.10. The summed E-state index contributed by atoms with van der Waals surface area (Å²) in [6.45, 7) is 0. The largest absolute Gasteiger partial charge is 0.464 e. The second-order valence-electron chi connectivity index (χ2n) is 3.65. The second-order valence-corrected chi connectivity index (χ2v) is 3.65. The van der Waals surface area contributed by atoms with E-state index in [4.69, 9.17) is 0 Å². The van der Waals surface area contributed by atoms with E-state index in [1.165, 1.54) is 12.1 Å². The molecule has 19 heavy (non-hydrogen) atoms. The van der Waals surface area contributed by atoms with Crippen LogP contribution in [-0.4, -0.2) is 18.1 Å². The van der Waals surface area contributed by atoms with Crippen molar-refractivity contribution in [3.8, 4) is 11.1 Å². The lowest BCUT2D eigenvalue weighted by Crippen LogP contribution is -2.07. The van der Waals surface area contributed by atoms with Crippen LogP contribution >= 0.6 is 0 Å². The number of benzene rings is 1. The molecule has 0 unspecified atom stereocenters. The number of carbonyl (C=O) groups excluding carboxylic acids is 1. The van der Waals surface area contributed by atoms with Gasteiger partial charge in [0, 0.05) is 17.3 Å². The summed E-state index contributed by atoms with van der Waals surface area (Å²) in [6.07, 6.45) is 1.08. The lowest BCUT2D eigenvalue weighted by molar-refractivity contribution is 0.0588. The fraction of sp³-hybridized carbons (Fsp3) is 0.0769. The molecular formula is C13H8F3NO2. The van der Waals surface area contributed by atoms with Gasteiger partial charge in [0.25, 0.3) is 0 Å². The summed E-state index contributed by atoms with van der Waals surface area (Å²) in [7, 11) is 1.09. The number of methoxy groups -OCH3 is 1. The lowest BCUT2D eigenvalue weighted by Gasteiger charge is -2.06. The standard InChI is InChI=1S/C13H8F3NO2/c1-19-13(18)12-10(15)5-7(6-17-12)8-3-2-4-9(14)11(8)16/h2-6H,1H3. The fourth-order valence-electron chi connectivity index (χ4n) is 1.56. The third-order valence-electron chi connectivity index (χ3n) is 2.48. The number of nitrogens with zero attached hydrogens (tertiary/aromatic N) is 1. The summed E-state index contributed by atoms with van der Waals surface area (Å²) in [5, 5.41) is 0. The van der Waals surface area contributed by atoms with Crippen LogP contribution in [0.2, 0.25) is 0 Å². The maximum atomic E-state index is 13.6. The first-order valence-corrected chi connectivity index (χ1v) is 5.23. The van der Waals surface area contributed by atoms with Crippen LogP contribution < -0.4 is 0 Å². The van der Waals surface area contributed by atoms with E-state index in [0.29, 0.717) is 0 Å². The number of rotatable bonds is 2. The number of halogens is 3. The zero-order chi connectivity index (χ0) is 14.0. The Kier molecular flexibility index (Phi) is 3.50. The predicted octanol–water partition coefficient (Wildman–Crippen LogP) is 2.95. The van der Waals surface area contributed by atoms with Crippen LogP contribution in [0.3, 0.4) is 0 Å². The predicted molar refractivity (Wildman–Crippen MR) is 60.9 cm³/mol. The number of ether oxygens (including phenoxy) is 1. The normalized spacial score (nSPS) is 10.3. The van der Waals surface area contributed by atoms with Crippen molar-refractivity contribution in [2.24, 2.45) is 0 Å². The van der Waals surface area contributed by atoms with Crippen molar-refractivity contribution >= 4 is 5.97 Å². The molecule has 1 heterocycles. The van der Waals surface area contributed by atoms with Gasteiger partial charge < -0.3 is 4.74 Å². The first kappa shape index (κ1) is 13.1. The van der Waals surface area contributed by atoms with Crippen LogP contribution in [0.25, 0.3) is 11.1 Å². The van der Waals surface area contributed by atoms with E-state index in [-0.39, 0.29) is 11.1 Å². The highest BCUT2D eigenvalue weighted by Gasteiger charge is 2.17. The number of carbonyl (C=O) groups is 1. The molecule has 6 heteroatoms. The monoisotopic (exact) mass is 267 g/mol. The zero-order valence-corrected chi connectivity index (χ0v) is 9.78. The quantitative estimate of drug-likeness (QED) is 0.785. The smallest absolute Gasteiger partial charge is 0.359 e. The SMILES string of the molecule is COC(=O)c1ncc(-c2cccc(F)c2F)cc1F. The van der Waals surface area contributed by atoms with E-state index in [1.807, 2.05) is 0 Å². The van der Waals surface area contributed by atoms with Gasteiger partial charge in [-0.1, -0.05) is 12.1 Å². The number of hydrogen-bond donors (Lipinski definition) is 0. The van der Waals surface area contributed by atoms with Gasteiger partial charge in [-0.25, -0.2) is 22.9 Å². The van der Waals surface area contributed by atoms with Gasteiger partial charge in [0.15, 0.2) is 23.1 Å². The van der Waals surface area contributed by atoms with E-state index in [1.54, 1.807) is 0 Å². The van der Waals surface area contributed by atoms with Crippen molar-refractivity contribution in [1.82, 2.24) is 4.98 Å². The molecule has 0 fully saturated rings. The van der Waals surface area contributed by atoms with E-state index in [2.05, 4.69) is 9.72 Å².